The van der Waals surface area contributed by atoms with Gasteiger partial charge in [-0.2, -0.15) is 0 Å². The van der Waals surface area contributed by atoms with Gasteiger partial charge < -0.3 is 18.9 Å². The van der Waals surface area contributed by atoms with Gasteiger partial charge in [0.2, 0.25) is 5.91 Å². The summed E-state index contributed by atoms with van der Waals surface area (Å²) in [7, 11) is 5.45. The quantitative estimate of drug-likeness (QED) is 0.709. The zero-order valence-corrected chi connectivity index (χ0v) is 16.3. The van der Waals surface area contributed by atoms with E-state index in [1.165, 1.54) is 4.90 Å². The lowest BCUT2D eigenvalue weighted by molar-refractivity contribution is -0.161. The van der Waals surface area contributed by atoms with Crippen LogP contribution >= 0.6 is 0 Å². The van der Waals surface area contributed by atoms with Crippen molar-refractivity contribution in [2.24, 2.45) is 7.05 Å². The first-order valence-electron chi connectivity index (χ1n) is 8.77. The summed E-state index contributed by atoms with van der Waals surface area (Å²) in [5.74, 6) is 1.90. The molecule has 0 aliphatic carbocycles. The van der Waals surface area contributed by atoms with Crippen LogP contribution in [0.3, 0.4) is 0 Å². The van der Waals surface area contributed by atoms with Crippen molar-refractivity contribution in [3.05, 3.63) is 11.6 Å². The first-order chi connectivity index (χ1) is 11.7. The highest BCUT2D eigenvalue weighted by atomic mass is 16.5. The highest BCUT2D eigenvalue weighted by Gasteiger charge is 2.34. The van der Waals surface area contributed by atoms with Gasteiger partial charge in [0.25, 0.3) is 0 Å². The summed E-state index contributed by atoms with van der Waals surface area (Å²) in [5, 5.41) is 8.54. The van der Waals surface area contributed by atoms with Gasteiger partial charge in [0.05, 0.1) is 24.9 Å². The van der Waals surface area contributed by atoms with Crippen LogP contribution in [-0.4, -0.2) is 82.6 Å². The Morgan fingerprint density at radius 2 is 2.04 bits per heavy atom. The van der Waals surface area contributed by atoms with Crippen molar-refractivity contribution in [2.45, 2.75) is 45.4 Å². The van der Waals surface area contributed by atoms with E-state index in [4.69, 9.17) is 9.47 Å². The maximum atomic E-state index is 11.6. The first kappa shape index (κ1) is 19.8. The van der Waals surface area contributed by atoms with Gasteiger partial charge in [0.15, 0.2) is 0 Å². The molecule has 0 bridgehead atoms. The molecule has 1 amide bonds. The van der Waals surface area contributed by atoms with Crippen molar-refractivity contribution >= 4 is 5.91 Å². The van der Waals surface area contributed by atoms with Crippen LogP contribution in [0.2, 0.25) is 0 Å². The van der Waals surface area contributed by atoms with Crippen LogP contribution in [-0.2, 0) is 34.3 Å². The van der Waals surface area contributed by atoms with Gasteiger partial charge in [-0.15, -0.1) is 10.2 Å². The normalized spacial score (nSPS) is 20.6. The van der Waals surface area contributed by atoms with Crippen LogP contribution in [0.5, 0.6) is 0 Å². The van der Waals surface area contributed by atoms with Crippen molar-refractivity contribution in [2.75, 3.05) is 40.4 Å². The molecule has 1 aromatic heterocycles. The summed E-state index contributed by atoms with van der Waals surface area (Å²) in [6.45, 7) is 8.99. The van der Waals surface area contributed by atoms with E-state index < -0.39 is 0 Å². The topological polar surface area (TPSA) is 72.7 Å². The maximum Gasteiger partial charge on any atom is 0.248 e. The molecule has 1 aliphatic rings. The number of likely N-dealkylation sites (N-methyl/N-ethyl adjacent to an activating group) is 1. The number of amides is 1. The molecular formula is C17H31N5O3. The molecule has 0 saturated carbocycles. The van der Waals surface area contributed by atoms with E-state index in [1.807, 2.05) is 7.05 Å². The van der Waals surface area contributed by atoms with Gasteiger partial charge >= 0.3 is 0 Å². The fourth-order valence-corrected chi connectivity index (χ4v) is 3.07. The molecule has 8 heteroatoms. The third-order valence-corrected chi connectivity index (χ3v) is 4.32. The number of ether oxygens (including phenoxy) is 2. The molecule has 142 valence electrons. The summed E-state index contributed by atoms with van der Waals surface area (Å²) in [4.78, 5) is 15.5. The third-order valence-electron chi connectivity index (χ3n) is 4.32. The molecule has 1 unspecified atom stereocenters. The average Bonchev–Trinajstić information content (AvgIpc) is 2.85. The number of aromatic nitrogens is 3. The number of nitrogens with zero attached hydrogens (tertiary/aromatic N) is 5. The maximum absolute atomic E-state index is 11.6. The monoisotopic (exact) mass is 353 g/mol. The zero-order chi connectivity index (χ0) is 18.6. The Morgan fingerprint density at radius 3 is 2.64 bits per heavy atom. The summed E-state index contributed by atoms with van der Waals surface area (Å²) in [5.41, 5.74) is -0.274. The van der Waals surface area contributed by atoms with Crippen LogP contribution in [0.15, 0.2) is 0 Å². The van der Waals surface area contributed by atoms with E-state index in [0.717, 1.165) is 37.7 Å². The molecule has 0 radical (unpaired) electrons. The lowest BCUT2D eigenvalue weighted by atomic mass is 10.1. The van der Waals surface area contributed by atoms with E-state index in [0.29, 0.717) is 6.61 Å². The molecule has 0 aromatic carbocycles. The van der Waals surface area contributed by atoms with E-state index in [-0.39, 0.29) is 24.2 Å². The molecule has 1 saturated heterocycles. The SMILES string of the molecule is CCc1nnc(CN2CC(COCC(=O)N(C)C)OC(C)(C)C2)n1C. The highest BCUT2D eigenvalue weighted by molar-refractivity contribution is 5.76. The summed E-state index contributed by atoms with van der Waals surface area (Å²) in [6, 6.07) is 0. The van der Waals surface area contributed by atoms with Gasteiger partial charge in [-0.25, -0.2) is 0 Å². The predicted octanol–water partition coefficient (Wildman–Crippen LogP) is 0.462. The van der Waals surface area contributed by atoms with Gasteiger partial charge in [0.1, 0.15) is 18.3 Å². The summed E-state index contributed by atoms with van der Waals surface area (Å²) < 4.78 is 13.7. The van der Waals surface area contributed by atoms with Crippen molar-refractivity contribution in [1.29, 1.82) is 0 Å². The minimum atomic E-state index is -0.274. The second kappa shape index (κ2) is 8.25. The van der Waals surface area contributed by atoms with Crippen molar-refractivity contribution < 1.29 is 14.3 Å². The van der Waals surface area contributed by atoms with Crippen LogP contribution in [0, 0.1) is 0 Å². The number of hydrogen-bond acceptors (Lipinski definition) is 6. The molecule has 1 aliphatic heterocycles. The summed E-state index contributed by atoms with van der Waals surface area (Å²) in [6.07, 6.45) is 0.798. The minimum Gasteiger partial charge on any atom is -0.369 e. The molecule has 25 heavy (non-hydrogen) atoms. The Kier molecular flexibility index (Phi) is 6.53. The van der Waals surface area contributed by atoms with E-state index in [1.54, 1.807) is 14.1 Å². The molecule has 8 nitrogen and oxygen atoms in total. The first-order valence-corrected chi connectivity index (χ1v) is 8.77. The molecule has 1 fully saturated rings. The fraction of sp³-hybridized carbons (Fsp3) is 0.824. The van der Waals surface area contributed by atoms with Gasteiger partial charge in [-0.3, -0.25) is 9.69 Å². The fourth-order valence-electron chi connectivity index (χ4n) is 3.07. The largest absolute Gasteiger partial charge is 0.369 e. The number of morpholine rings is 1. The predicted molar refractivity (Wildman–Crippen MR) is 94.1 cm³/mol. The molecule has 1 aromatic rings. The lowest BCUT2D eigenvalue weighted by Crippen LogP contribution is -2.53. The number of carbonyl (C=O) groups is 1. The molecular weight excluding hydrogens is 322 g/mol. The molecule has 0 N–H and O–H groups in total. The van der Waals surface area contributed by atoms with E-state index in [2.05, 4.69) is 40.4 Å². The van der Waals surface area contributed by atoms with E-state index in [9.17, 15) is 4.79 Å². The highest BCUT2D eigenvalue weighted by Crippen LogP contribution is 2.22. The average molecular weight is 353 g/mol. The Morgan fingerprint density at radius 1 is 1.36 bits per heavy atom. The van der Waals surface area contributed by atoms with Gasteiger partial charge in [0, 0.05) is 40.7 Å². The Hall–Kier alpha value is -1.51. The van der Waals surface area contributed by atoms with Crippen molar-refractivity contribution in [3.8, 4) is 0 Å². The molecule has 0 spiro atoms. The van der Waals surface area contributed by atoms with Gasteiger partial charge in [-0.1, -0.05) is 6.92 Å². The minimum absolute atomic E-state index is 0.0434. The smallest absolute Gasteiger partial charge is 0.248 e. The Bertz CT molecular complexity index is 585. The molecule has 2 heterocycles. The standard InChI is InChI=1S/C17H31N5O3/c1-7-14-18-19-15(21(14)6)9-22-8-13(25-17(2,3)12-22)10-24-11-16(23)20(4)5/h13H,7-12H2,1-6H3. The molecule has 1 atom stereocenters. The molecule has 2 rings (SSSR count). The van der Waals surface area contributed by atoms with Crippen LogP contribution in [0.1, 0.15) is 32.4 Å². The number of aryl methyl sites for hydroxylation is 1. The Labute approximate surface area is 150 Å². The van der Waals surface area contributed by atoms with Crippen LogP contribution in [0.25, 0.3) is 0 Å². The van der Waals surface area contributed by atoms with Crippen molar-refractivity contribution in [1.82, 2.24) is 24.6 Å². The number of hydrogen-bond donors (Lipinski definition) is 0. The van der Waals surface area contributed by atoms with Crippen LogP contribution in [0.4, 0.5) is 0 Å². The number of rotatable bonds is 7. The lowest BCUT2D eigenvalue weighted by Gasteiger charge is -2.42. The second-order valence-corrected chi connectivity index (χ2v) is 7.42. The Balaban J connectivity index is 1.93. The van der Waals surface area contributed by atoms with Crippen LogP contribution < -0.4 is 0 Å². The van der Waals surface area contributed by atoms with E-state index >= 15 is 0 Å². The van der Waals surface area contributed by atoms with Crippen molar-refractivity contribution in [3.63, 3.8) is 0 Å². The van der Waals surface area contributed by atoms with Gasteiger partial charge in [-0.05, 0) is 13.8 Å². The summed E-state index contributed by atoms with van der Waals surface area (Å²) >= 11 is 0. The second-order valence-electron chi connectivity index (χ2n) is 7.42. The zero-order valence-electron chi connectivity index (χ0n) is 16.3. The number of carbonyl (C=O) groups excluding carboxylic acids is 1. The third kappa shape index (κ3) is 5.49.